The normalized spacial score (nSPS) is 13.1. The number of ether oxygens (including phenoxy) is 2. The van der Waals surface area contributed by atoms with Crippen molar-refractivity contribution in [2.45, 2.75) is 19.9 Å². The summed E-state index contributed by atoms with van der Waals surface area (Å²) in [6.07, 6.45) is 0.722. The molecule has 200 valence electrons. The van der Waals surface area contributed by atoms with Crippen molar-refractivity contribution in [3.8, 4) is 11.1 Å². The first-order chi connectivity index (χ1) is 18.9. The van der Waals surface area contributed by atoms with Gasteiger partial charge in [-0.3, -0.25) is 9.78 Å². The number of fused-ring (bicyclic) bond motifs is 2. The minimum Gasteiger partial charge on any atom is -0.462 e. The summed E-state index contributed by atoms with van der Waals surface area (Å²) < 4.78 is 10.7. The zero-order chi connectivity index (χ0) is 27.5. The van der Waals surface area contributed by atoms with Crippen LogP contribution < -0.4 is 5.32 Å². The number of rotatable bonds is 7. The Labute approximate surface area is 234 Å². The average Bonchev–Trinajstić information content (AvgIpc) is 3.34. The number of thiophene rings is 1. The number of hydrogen-bond donors (Lipinski definition) is 1. The lowest BCUT2D eigenvalue weighted by Crippen LogP contribution is -2.30. The van der Waals surface area contributed by atoms with E-state index in [0.29, 0.717) is 39.2 Å². The van der Waals surface area contributed by atoms with Gasteiger partial charge >= 0.3 is 11.9 Å². The van der Waals surface area contributed by atoms with Crippen molar-refractivity contribution in [2.24, 2.45) is 0 Å². The predicted octanol–water partition coefficient (Wildman–Crippen LogP) is 5.58. The van der Waals surface area contributed by atoms with Crippen LogP contribution in [0.3, 0.4) is 0 Å². The van der Waals surface area contributed by atoms with E-state index in [1.54, 1.807) is 30.5 Å². The van der Waals surface area contributed by atoms with Gasteiger partial charge in [-0.15, -0.1) is 11.3 Å². The largest absolute Gasteiger partial charge is 0.462 e. The number of para-hydroxylation sites is 1. The molecular formula is C29H26ClN3O5S. The third-order valence-electron chi connectivity index (χ3n) is 6.46. The maximum absolute atomic E-state index is 13.3. The van der Waals surface area contributed by atoms with Crippen molar-refractivity contribution < 1.29 is 23.9 Å². The summed E-state index contributed by atoms with van der Waals surface area (Å²) in [6.45, 7) is 2.75. The lowest BCUT2D eigenvalue weighted by atomic mass is 9.96. The van der Waals surface area contributed by atoms with Gasteiger partial charge in [0.15, 0.2) is 6.61 Å². The summed E-state index contributed by atoms with van der Waals surface area (Å²) in [5, 5.41) is 5.89. The number of esters is 2. The smallest absolute Gasteiger partial charge is 0.341 e. The van der Waals surface area contributed by atoms with E-state index in [4.69, 9.17) is 26.1 Å². The number of nitrogens with one attached hydrogen (secondary N) is 1. The second-order valence-electron chi connectivity index (χ2n) is 9.10. The highest BCUT2D eigenvalue weighted by molar-refractivity contribution is 7.15. The summed E-state index contributed by atoms with van der Waals surface area (Å²) in [6, 6.07) is 14.5. The van der Waals surface area contributed by atoms with Crippen molar-refractivity contribution in [1.29, 1.82) is 0 Å². The average molecular weight is 564 g/mol. The molecule has 8 nitrogen and oxygen atoms in total. The van der Waals surface area contributed by atoms with Crippen molar-refractivity contribution in [3.63, 3.8) is 0 Å². The van der Waals surface area contributed by atoms with Gasteiger partial charge in [0.1, 0.15) is 10.6 Å². The van der Waals surface area contributed by atoms with Crippen molar-refractivity contribution in [2.75, 3.05) is 32.1 Å². The molecule has 1 amide bonds. The molecule has 5 rings (SSSR count). The van der Waals surface area contributed by atoms with E-state index in [0.717, 1.165) is 24.2 Å². The van der Waals surface area contributed by atoms with Crippen LogP contribution in [-0.4, -0.2) is 54.5 Å². The molecule has 0 bridgehead atoms. The molecule has 1 aliphatic heterocycles. The lowest BCUT2D eigenvalue weighted by molar-refractivity contribution is -0.119. The highest BCUT2D eigenvalue weighted by atomic mass is 35.5. The lowest BCUT2D eigenvalue weighted by Gasteiger charge is -2.26. The number of carbonyl (C=O) groups is 3. The Kier molecular flexibility index (Phi) is 7.92. The number of likely N-dealkylation sites (N-methyl/N-ethyl adjacent to an activating group) is 1. The zero-order valence-corrected chi connectivity index (χ0v) is 23.0. The van der Waals surface area contributed by atoms with E-state index in [1.807, 2.05) is 37.4 Å². The Hall–Kier alpha value is -3.79. The van der Waals surface area contributed by atoms with E-state index in [9.17, 15) is 14.4 Å². The number of anilines is 1. The molecule has 0 saturated heterocycles. The molecule has 0 fully saturated rings. The maximum Gasteiger partial charge on any atom is 0.341 e. The first-order valence-corrected chi connectivity index (χ1v) is 13.7. The Morgan fingerprint density at radius 2 is 1.77 bits per heavy atom. The standard InChI is InChI=1S/C29H26ClN3O5S/c1-3-37-29(36)26-20(17-8-4-6-10-21(17)30)16-39-27(26)32-24(34)15-38-28(35)25-18-9-5-7-11-22(18)31-23-12-13-33(2)14-19(23)25/h4-11,16H,3,12-15H2,1-2H3,(H,32,34). The van der Waals surface area contributed by atoms with Crippen LogP contribution >= 0.6 is 22.9 Å². The van der Waals surface area contributed by atoms with Crippen molar-refractivity contribution in [1.82, 2.24) is 9.88 Å². The zero-order valence-electron chi connectivity index (χ0n) is 21.5. The van der Waals surface area contributed by atoms with E-state index in [-0.39, 0.29) is 17.2 Å². The van der Waals surface area contributed by atoms with Gasteiger partial charge in [0.2, 0.25) is 0 Å². The van der Waals surface area contributed by atoms with Crippen LogP contribution in [0.15, 0.2) is 53.9 Å². The molecule has 3 heterocycles. The van der Waals surface area contributed by atoms with Gasteiger partial charge in [-0.25, -0.2) is 9.59 Å². The summed E-state index contributed by atoms with van der Waals surface area (Å²) in [5.74, 6) is -1.75. The van der Waals surface area contributed by atoms with Gasteiger partial charge in [-0.1, -0.05) is 48.0 Å². The molecule has 4 aromatic rings. The highest BCUT2D eigenvalue weighted by Crippen LogP contribution is 2.39. The number of benzene rings is 2. The second kappa shape index (κ2) is 11.5. The molecule has 0 radical (unpaired) electrons. The molecule has 10 heteroatoms. The van der Waals surface area contributed by atoms with Crippen LogP contribution in [0.2, 0.25) is 5.02 Å². The molecule has 0 saturated carbocycles. The van der Waals surface area contributed by atoms with Crippen LogP contribution in [0, 0.1) is 0 Å². The molecule has 2 aromatic heterocycles. The number of halogens is 1. The molecule has 0 aliphatic carbocycles. The number of nitrogens with zero attached hydrogens (tertiary/aromatic N) is 2. The van der Waals surface area contributed by atoms with Crippen LogP contribution in [-0.2, 0) is 27.2 Å². The number of hydrogen-bond acceptors (Lipinski definition) is 8. The van der Waals surface area contributed by atoms with Gasteiger partial charge in [-0.2, -0.15) is 0 Å². The van der Waals surface area contributed by atoms with Gasteiger partial charge in [0.25, 0.3) is 5.91 Å². The van der Waals surface area contributed by atoms with Crippen LogP contribution in [0.1, 0.15) is 38.9 Å². The quantitative estimate of drug-likeness (QED) is 0.293. The minimum absolute atomic E-state index is 0.168. The van der Waals surface area contributed by atoms with Crippen molar-refractivity contribution >= 4 is 56.7 Å². The second-order valence-corrected chi connectivity index (χ2v) is 10.4. The highest BCUT2D eigenvalue weighted by Gasteiger charge is 2.27. The third kappa shape index (κ3) is 5.52. The Morgan fingerprint density at radius 3 is 2.56 bits per heavy atom. The molecule has 0 atom stereocenters. The summed E-state index contributed by atoms with van der Waals surface area (Å²) in [5.41, 5.74) is 4.22. The van der Waals surface area contributed by atoms with Gasteiger partial charge < -0.3 is 19.7 Å². The molecule has 0 spiro atoms. The molecule has 1 aliphatic rings. The monoisotopic (exact) mass is 563 g/mol. The fourth-order valence-corrected chi connectivity index (χ4v) is 5.86. The van der Waals surface area contributed by atoms with E-state index in [1.165, 1.54) is 11.3 Å². The summed E-state index contributed by atoms with van der Waals surface area (Å²) in [4.78, 5) is 46.0. The Morgan fingerprint density at radius 1 is 1.03 bits per heavy atom. The topological polar surface area (TPSA) is 97.8 Å². The molecule has 2 aromatic carbocycles. The van der Waals surface area contributed by atoms with Crippen molar-refractivity contribution in [3.05, 3.63) is 81.3 Å². The predicted molar refractivity (Wildman–Crippen MR) is 151 cm³/mol. The molecule has 39 heavy (non-hydrogen) atoms. The van der Waals surface area contributed by atoms with Gasteiger partial charge in [-0.05, 0) is 26.1 Å². The van der Waals surface area contributed by atoms with Crippen LogP contribution in [0.4, 0.5) is 5.00 Å². The third-order valence-corrected chi connectivity index (χ3v) is 7.69. The fraction of sp³-hybridized carbons (Fsp3) is 0.241. The summed E-state index contributed by atoms with van der Waals surface area (Å²) >= 11 is 7.54. The number of pyridine rings is 1. The first-order valence-electron chi connectivity index (χ1n) is 12.5. The van der Waals surface area contributed by atoms with E-state index in [2.05, 4.69) is 10.2 Å². The maximum atomic E-state index is 13.3. The molecule has 1 N–H and O–H groups in total. The van der Waals surface area contributed by atoms with E-state index < -0.39 is 24.5 Å². The minimum atomic E-state index is -0.594. The Bertz CT molecular complexity index is 1580. The summed E-state index contributed by atoms with van der Waals surface area (Å²) in [7, 11) is 1.99. The molecular weight excluding hydrogens is 538 g/mol. The first kappa shape index (κ1) is 26.8. The number of amides is 1. The number of aromatic nitrogens is 1. The van der Waals surface area contributed by atoms with Crippen LogP contribution in [0.25, 0.3) is 22.0 Å². The SMILES string of the molecule is CCOC(=O)c1c(-c2ccccc2Cl)csc1NC(=O)COC(=O)c1c2c(nc3ccccc13)CCN(C)C2. The fourth-order valence-electron chi connectivity index (χ4n) is 4.66. The van der Waals surface area contributed by atoms with Crippen LogP contribution in [0.5, 0.6) is 0 Å². The number of carbonyl (C=O) groups excluding carboxylic acids is 3. The van der Waals surface area contributed by atoms with Gasteiger partial charge in [0, 0.05) is 57.7 Å². The molecule has 0 unspecified atom stereocenters. The van der Waals surface area contributed by atoms with E-state index >= 15 is 0 Å². The van der Waals surface area contributed by atoms with Gasteiger partial charge in [0.05, 0.1) is 17.7 Å². The Balaban J connectivity index is 1.38.